The largest absolute Gasteiger partial charge is 0.449 e. The van der Waals surface area contributed by atoms with Gasteiger partial charge in [0.2, 0.25) is 0 Å². The summed E-state index contributed by atoms with van der Waals surface area (Å²) in [5.41, 5.74) is 3.41. The van der Waals surface area contributed by atoms with Crippen LogP contribution in [-0.4, -0.2) is 30.7 Å². The Balaban J connectivity index is 1.92. The topological polar surface area (TPSA) is 90.3 Å². The molecule has 33 heavy (non-hydrogen) atoms. The molecule has 0 saturated carbocycles. The van der Waals surface area contributed by atoms with Crippen LogP contribution in [0.15, 0.2) is 66.1 Å². The predicted octanol–water partition coefficient (Wildman–Crippen LogP) is 5.01. The maximum absolute atomic E-state index is 13.1. The first-order valence-corrected chi connectivity index (χ1v) is 12.6. The van der Waals surface area contributed by atoms with Crippen molar-refractivity contribution in [1.29, 1.82) is 0 Å². The van der Waals surface area contributed by atoms with E-state index in [2.05, 4.69) is 18.8 Å². The van der Waals surface area contributed by atoms with Crippen molar-refractivity contribution in [2.24, 2.45) is 5.92 Å². The van der Waals surface area contributed by atoms with E-state index in [9.17, 15) is 13.2 Å². The van der Waals surface area contributed by atoms with Crippen molar-refractivity contribution >= 4 is 16.1 Å². The summed E-state index contributed by atoms with van der Waals surface area (Å²) in [6, 6.07) is 13.0. The van der Waals surface area contributed by atoms with Gasteiger partial charge in [0.05, 0.1) is 17.8 Å². The normalized spacial score (nSPS) is 11.5. The third-order valence-electron chi connectivity index (χ3n) is 5.12. The molecule has 2 aromatic carbocycles. The average molecular weight is 470 g/mol. The summed E-state index contributed by atoms with van der Waals surface area (Å²) in [6.45, 7) is 7.04. The van der Waals surface area contributed by atoms with Gasteiger partial charge in [0.15, 0.2) is 0 Å². The smallest absolute Gasteiger partial charge is 0.421 e. The standard InChI is InChI=1S/C25H31N3O4S/c1-4-5-14-32-25(29)27-33(30,31)24-11-8-21(15-19(2)3)16-23(24)22-9-6-20(7-10-22)17-28-13-12-26-18-28/h6-13,16,18-19H,4-5,14-15,17H2,1-3H3,(H,27,29). The van der Waals surface area contributed by atoms with E-state index >= 15 is 0 Å². The summed E-state index contributed by atoms with van der Waals surface area (Å²) >= 11 is 0. The van der Waals surface area contributed by atoms with E-state index in [1.165, 1.54) is 0 Å². The highest BCUT2D eigenvalue weighted by atomic mass is 32.2. The molecule has 0 aliphatic heterocycles. The van der Waals surface area contributed by atoms with Gasteiger partial charge in [-0.2, -0.15) is 0 Å². The van der Waals surface area contributed by atoms with Gasteiger partial charge in [0, 0.05) is 24.5 Å². The summed E-state index contributed by atoms with van der Waals surface area (Å²) in [4.78, 5) is 16.1. The van der Waals surface area contributed by atoms with Crippen LogP contribution in [0.3, 0.4) is 0 Å². The van der Waals surface area contributed by atoms with Crippen LogP contribution in [0.1, 0.15) is 44.7 Å². The zero-order chi connectivity index (χ0) is 23.8. The summed E-state index contributed by atoms with van der Waals surface area (Å²) in [7, 11) is -4.11. The first-order chi connectivity index (χ1) is 15.8. The van der Waals surface area contributed by atoms with E-state index in [0.717, 1.165) is 29.5 Å². The molecule has 3 rings (SSSR count). The third kappa shape index (κ3) is 6.92. The highest BCUT2D eigenvalue weighted by Crippen LogP contribution is 2.30. The van der Waals surface area contributed by atoms with Gasteiger partial charge in [-0.1, -0.05) is 57.5 Å². The van der Waals surface area contributed by atoms with Crippen LogP contribution < -0.4 is 4.72 Å². The summed E-state index contributed by atoms with van der Waals surface area (Å²) < 4.78 is 35.1. The maximum Gasteiger partial charge on any atom is 0.421 e. The van der Waals surface area contributed by atoms with Crippen molar-refractivity contribution in [2.45, 2.75) is 51.5 Å². The Morgan fingerprint density at radius 2 is 1.85 bits per heavy atom. The lowest BCUT2D eigenvalue weighted by molar-refractivity contribution is 0.151. The molecule has 0 radical (unpaired) electrons. The number of sulfonamides is 1. The van der Waals surface area contributed by atoms with Crippen LogP contribution in [0.4, 0.5) is 4.79 Å². The van der Waals surface area contributed by atoms with Crippen molar-refractivity contribution in [3.8, 4) is 11.1 Å². The van der Waals surface area contributed by atoms with Crippen molar-refractivity contribution < 1.29 is 17.9 Å². The summed E-state index contributed by atoms with van der Waals surface area (Å²) in [5.74, 6) is 0.421. The number of benzene rings is 2. The fraction of sp³-hybridized carbons (Fsp3) is 0.360. The molecule has 0 fully saturated rings. The molecule has 1 heterocycles. The molecule has 0 spiro atoms. The van der Waals surface area contributed by atoms with Crippen molar-refractivity contribution in [3.05, 3.63) is 72.3 Å². The van der Waals surface area contributed by atoms with E-state index in [1.807, 2.05) is 52.7 Å². The van der Waals surface area contributed by atoms with E-state index in [0.29, 0.717) is 24.4 Å². The molecular formula is C25H31N3O4S. The second kappa shape index (κ2) is 11.1. The Morgan fingerprint density at radius 3 is 2.48 bits per heavy atom. The average Bonchev–Trinajstić information content (AvgIpc) is 3.26. The zero-order valence-corrected chi connectivity index (χ0v) is 20.1. The third-order valence-corrected chi connectivity index (χ3v) is 6.49. The van der Waals surface area contributed by atoms with Crippen molar-refractivity contribution in [2.75, 3.05) is 6.61 Å². The van der Waals surface area contributed by atoms with Gasteiger partial charge in [-0.05, 0) is 47.6 Å². The Hall–Kier alpha value is -3.13. The highest BCUT2D eigenvalue weighted by Gasteiger charge is 2.23. The SMILES string of the molecule is CCCCOC(=O)NS(=O)(=O)c1ccc(CC(C)C)cc1-c1ccc(Cn2ccnc2)cc1. The molecular weight excluding hydrogens is 438 g/mol. The van der Waals surface area contributed by atoms with Crippen LogP contribution in [-0.2, 0) is 27.7 Å². The van der Waals surface area contributed by atoms with Crippen molar-refractivity contribution in [3.63, 3.8) is 0 Å². The Labute approximate surface area is 195 Å². The van der Waals surface area contributed by atoms with Crippen LogP contribution in [0, 0.1) is 5.92 Å². The highest BCUT2D eigenvalue weighted by molar-refractivity contribution is 7.90. The minimum Gasteiger partial charge on any atom is -0.449 e. The molecule has 1 aromatic heterocycles. The van der Waals surface area contributed by atoms with E-state index in [-0.39, 0.29) is 11.5 Å². The number of rotatable bonds is 10. The lowest BCUT2D eigenvalue weighted by atomic mass is 9.97. The molecule has 0 aliphatic carbocycles. The van der Waals surface area contributed by atoms with Gasteiger partial charge in [0.1, 0.15) is 0 Å². The number of unbranched alkanes of at least 4 members (excludes halogenated alkanes) is 1. The number of carbonyl (C=O) groups excluding carboxylic acids is 1. The van der Waals surface area contributed by atoms with Crippen LogP contribution in [0.25, 0.3) is 11.1 Å². The number of nitrogens with one attached hydrogen (secondary N) is 1. The van der Waals surface area contributed by atoms with Gasteiger partial charge >= 0.3 is 6.09 Å². The Morgan fingerprint density at radius 1 is 1.12 bits per heavy atom. The first-order valence-electron chi connectivity index (χ1n) is 11.2. The van der Waals surface area contributed by atoms with Crippen molar-refractivity contribution in [1.82, 2.24) is 14.3 Å². The van der Waals surface area contributed by atoms with Gasteiger partial charge in [-0.3, -0.25) is 0 Å². The molecule has 7 nitrogen and oxygen atoms in total. The van der Waals surface area contributed by atoms with E-state index < -0.39 is 16.1 Å². The Kier molecular flexibility index (Phi) is 8.27. The molecule has 1 N–H and O–H groups in total. The molecule has 3 aromatic rings. The number of nitrogens with zero attached hydrogens (tertiary/aromatic N) is 2. The molecule has 0 bridgehead atoms. The number of hydrogen-bond donors (Lipinski definition) is 1. The van der Waals surface area contributed by atoms with Gasteiger partial charge in [0.25, 0.3) is 10.0 Å². The van der Waals surface area contributed by atoms with Crippen LogP contribution in [0.5, 0.6) is 0 Å². The summed E-state index contributed by atoms with van der Waals surface area (Å²) in [5, 5.41) is 0. The first kappa shape index (κ1) is 24.5. The number of carbonyl (C=O) groups is 1. The minimum absolute atomic E-state index is 0.0461. The van der Waals surface area contributed by atoms with E-state index in [1.54, 1.807) is 24.7 Å². The van der Waals surface area contributed by atoms with Crippen LogP contribution in [0.2, 0.25) is 0 Å². The lowest BCUT2D eigenvalue weighted by Gasteiger charge is -2.15. The molecule has 0 atom stereocenters. The molecule has 0 unspecified atom stereocenters. The lowest BCUT2D eigenvalue weighted by Crippen LogP contribution is -2.31. The zero-order valence-electron chi connectivity index (χ0n) is 19.3. The van der Waals surface area contributed by atoms with E-state index in [4.69, 9.17) is 4.74 Å². The monoisotopic (exact) mass is 469 g/mol. The van der Waals surface area contributed by atoms with Gasteiger partial charge in [-0.25, -0.2) is 22.9 Å². The fourth-order valence-corrected chi connectivity index (χ4v) is 4.62. The van der Waals surface area contributed by atoms with Crippen LogP contribution >= 0.6 is 0 Å². The van der Waals surface area contributed by atoms with Gasteiger partial charge in [-0.15, -0.1) is 0 Å². The molecule has 8 heteroatoms. The molecule has 0 aliphatic rings. The molecule has 176 valence electrons. The maximum atomic E-state index is 13.1. The summed E-state index contributed by atoms with van der Waals surface area (Å²) in [6.07, 6.45) is 6.74. The number of amides is 1. The predicted molar refractivity (Wildman–Crippen MR) is 128 cm³/mol. The number of ether oxygens (including phenoxy) is 1. The Bertz CT molecular complexity index is 1150. The van der Waals surface area contributed by atoms with Gasteiger partial charge < -0.3 is 9.30 Å². The second-order valence-electron chi connectivity index (χ2n) is 8.46. The quantitative estimate of drug-likeness (QED) is 0.422. The number of imidazole rings is 1. The number of hydrogen-bond acceptors (Lipinski definition) is 5. The molecule has 1 amide bonds. The second-order valence-corrected chi connectivity index (χ2v) is 10.1. The number of aromatic nitrogens is 2. The fourth-order valence-electron chi connectivity index (χ4n) is 3.52. The minimum atomic E-state index is -4.11. The molecule has 0 saturated heterocycles.